The van der Waals surface area contributed by atoms with Gasteiger partial charge in [-0.05, 0) is 48.7 Å². The van der Waals surface area contributed by atoms with Gasteiger partial charge in [0.25, 0.3) is 21.5 Å². The smallest absolute Gasteiger partial charge is 0.265 e. The van der Waals surface area contributed by atoms with Crippen LogP contribution >= 0.6 is 0 Å². The zero-order valence-electron chi connectivity index (χ0n) is 25.4. The van der Waals surface area contributed by atoms with E-state index in [4.69, 9.17) is 9.47 Å². The summed E-state index contributed by atoms with van der Waals surface area (Å²) in [5, 5.41) is 2.42. The van der Waals surface area contributed by atoms with Crippen LogP contribution in [0.3, 0.4) is 0 Å². The number of hydrogen-bond donors (Lipinski definition) is 2. The van der Waals surface area contributed by atoms with Gasteiger partial charge in [-0.25, -0.2) is 21.6 Å². The Labute approximate surface area is 268 Å². The standard InChI is InChI=1S/C33H31F3N4O6S/c1-45-23-7-9-30(46-2)31(14-23)47(43,44)38-27-11-20(33(42)37-15-24-25(35)12-22(34)13-26(24)36)6-8-29(27)39-16-19-10-21(18-39)28-4-3-5-32(41)40(28)17-19/h3-9,11-14,19,21,38H,10,15-18H2,1-2H3,(H,37,42). The van der Waals surface area contributed by atoms with E-state index in [-0.39, 0.29) is 45.0 Å². The second-order valence-corrected chi connectivity index (χ2v) is 13.1. The minimum Gasteiger partial charge on any atom is -0.497 e. The number of aromatic nitrogens is 1. The molecular formula is C33H31F3N4O6S. The molecule has 1 amide bonds. The Bertz CT molecular complexity index is 2010. The van der Waals surface area contributed by atoms with E-state index in [0.29, 0.717) is 37.5 Å². The van der Waals surface area contributed by atoms with Gasteiger partial charge < -0.3 is 24.3 Å². The molecule has 2 N–H and O–H groups in total. The first-order valence-corrected chi connectivity index (χ1v) is 16.2. The van der Waals surface area contributed by atoms with Crippen molar-refractivity contribution in [2.24, 2.45) is 5.92 Å². The summed E-state index contributed by atoms with van der Waals surface area (Å²) in [4.78, 5) is 27.6. The minimum absolute atomic E-state index is 0.00101. The number of hydrogen-bond acceptors (Lipinski definition) is 7. The highest BCUT2D eigenvalue weighted by molar-refractivity contribution is 7.92. The molecule has 2 atom stereocenters. The lowest BCUT2D eigenvalue weighted by Crippen LogP contribution is -2.47. The van der Waals surface area contributed by atoms with E-state index >= 15 is 0 Å². The number of carbonyl (C=O) groups is 1. The molecule has 6 rings (SSSR count). The number of rotatable bonds is 9. The molecule has 1 aromatic heterocycles. The van der Waals surface area contributed by atoms with Crippen molar-refractivity contribution in [3.8, 4) is 11.5 Å². The van der Waals surface area contributed by atoms with Crippen molar-refractivity contribution < 1.29 is 35.9 Å². The van der Waals surface area contributed by atoms with Crippen LogP contribution in [0.4, 0.5) is 24.5 Å². The molecule has 1 fully saturated rings. The fourth-order valence-electron chi connectivity index (χ4n) is 6.33. The van der Waals surface area contributed by atoms with Crippen LogP contribution in [0.25, 0.3) is 0 Å². The summed E-state index contributed by atoms with van der Waals surface area (Å²) < 4.78 is 84.4. The summed E-state index contributed by atoms with van der Waals surface area (Å²) in [6, 6.07) is 15.0. The number of sulfonamides is 1. The number of methoxy groups -OCH3 is 2. The molecule has 2 aliphatic heterocycles. The largest absolute Gasteiger partial charge is 0.497 e. The van der Waals surface area contributed by atoms with Crippen LogP contribution in [-0.2, 0) is 23.1 Å². The average molecular weight is 669 g/mol. The molecule has 3 aromatic carbocycles. The van der Waals surface area contributed by atoms with Gasteiger partial charge in [0.1, 0.15) is 33.8 Å². The van der Waals surface area contributed by atoms with Crippen molar-refractivity contribution in [3.63, 3.8) is 0 Å². The zero-order chi connectivity index (χ0) is 33.5. The zero-order valence-corrected chi connectivity index (χ0v) is 26.2. The number of anilines is 2. The molecule has 2 unspecified atom stereocenters. The monoisotopic (exact) mass is 668 g/mol. The first-order chi connectivity index (χ1) is 22.5. The fraction of sp³-hybridized carbons (Fsp3) is 0.273. The van der Waals surface area contributed by atoms with Crippen LogP contribution in [0.2, 0.25) is 0 Å². The number of amides is 1. The Morgan fingerprint density at radius 1 is 0.936 bits per heavy atom. The normalized spacial score (nSPS) is 17.1. The average Bonchev–Trinajstić information content (AvgIpc) is 3.04. The van der Waals surface area contributed by atoms with Gasteiger partial charge in [-0.2, -0.15) is 0 Å². The van der Waals surface area contributed by atoms with Gasteiger partial charge in [0.2, 0.25) is 0 Å². The Morgan fingerprint density at radius 2 is 1.70 bits per heavy atom. The van der Waals surface area contributed by atoms with Gasteiger partial charge in [-0.1, -0.05) is 6.07 Å². The van der Waals surface area contributed by atoms with Crippen LogP contribution < -0.4 is 30.0 Å². The van der Waals surface area contributed by atoms with E-state index in [1.54, 1.807) is 22.8 Å². The third-order valence-electron chi connectivity index (χ3n) is 8.52. The number of pyridine rings is 1. The van der Waals surface area contributed by atoms with Gasteiger partial charge in [0.15, 0.2) is 0 Å². The second-order valence-electron chi connectivity index (χ2n) is 11.5. The summed E-state index contributed by atoms with van der Waals surface area (Å²) in [7, 11) is -1.60. The Kier molecular flexibility index (Phi) is 8.62. The van der Waals surface area contributed by atoms with Gasteiger partial charge in [0.05, 0.1) is 25.6 Å². The first kappa shape index (κ1) is 32.0. The number of piperidine rings is 1. The molecule has 2 bridgehead atoms. The van der Waals surface area contributed by atoms with Crippen LogP contribution in [0.1, 0.15) is 34.0 Å². The highest BCUT2D eigenvalue weighted by Gasteiger charge is 2.36. The molecule has 47 heavy (non-hydrogen) atoms. The predicted molar refractivity (Wildman–Crippen MR) is 168 cm³/mol. The second kappa shape index (κ2) is 12.7. The van der Waals surface area contributed by atoms with E-state index in [0.717, 1.165) is 12.1 Å². The van der Waals surface area contributed by atoms with Crippen molar-refractivity contribution in [2.45, 2.75) is 30.3 Å². The third kappa shape index (κ3) is 6.37. The van der Waals surface area contributed by atoms with Crippen molar-refractivity contribution in [3.05, 3.63) is 111 Å². The lowest BCUT2D eigenvalue weighted by Gasteiger charge is -2.44. The number of ether oxygens (including phenoxy) is 2. The van der Waals surface area contributed by atoms with E-state index in [9.17, 15) is 31.2 Å². The van der Waals surface area contributed by atoms with Crippen LogP contribution in [-0.4, -0.2) is 46.2 Å². The molecule has 246 valence electrons. The molecule has 0 saturated carbocycles. The highest BCUT2D eigenvalue weighted by atomic mass is 32.2. The molecule has 0 radical (unpaired) electrons. The predicted octanol–water partition coefficient (Wildman–Crippen LogP) is 4.64. The number of halogens is 3. The number of carbonyl (C=O) groups excluding carboxylic acids is 1. The highest BCUT2D eigenvalue weighted by Crippen LogP contribution is 2.40. The summed E-state index contributed by atoms with van der Waals surface area (Å²) in [6.07, 6.45) is 0.860. The Hall–Kier alpha value is -4.98. The molecule has 1 saturated heterocycles. The van der Waals surface area contributed by atoms with E-state index < -0.39 is 45.5 Å². The van der Waals surface area contributed by atoms with Crippen molar-refractivity contribution in [1.29, 1.82) is 0 Å². The summed E-state index contributed by atoms with van der Waals surface area (Å²) >= 11 is 0. The third-order valence-corrected chi connectivity index (χ3v) is 9.90. The number of nitrogens with zero attached hydrogens (tertiary/aromatic N) is 2. The maximum Gasteiger partial charge on any atom is 0.265 e. The van der Waals surface area contributed by atoms with E-state index in [1.807, 2.05) is 11.0 Å². The fourth-order valence-corrected chi connectivity index (χ4v) is 7.58. The lowest BCUT2D eigenvalue weighted by atomic mass is 9.83. The summed E-state index contributed by atoms with van der Waals surface area (Å²) in [5.74, 6) is -3.70. The van der Waals surface area contributed by atoms with Gasteiger partial charge in [-0.15, -0.1) is 0 Å². The SMILES string of the molecule is COc1ccc(OC)c(S(=O)(=O)Nc2cc(C(=O)NCc3c(F)cc(F)cc3F)ccc2N2CC3CC(C2)c2cccc(=O)n2C3)c1. The number of nitrogens with one attached hydrogen (secondary N) is 2. The topological polar surface area (TPSA) is 119 Å². The molecule has 0 spiro atoms. The first-order valence-electron chi connectivity index (χ1n) is 14.7. The molecular weight excluding hydrogens is 637 g/mol. The maximum absolute atomic E-state index is 14.2. The van der Waals surface area contributed by atoms with Gasteiger partial charge in [-0.3, -0.25) is 14.3 Å². The molecule has 3 heterocycles. The van der Waals surface area contributed by atoms with Crippen LogP contribution in [0, 0.1) is 23.4 Å². The van der Waals surface area contributed by atoms with Crippen LogP contribution in [0.5, 0.6) is 11.5 Å². The van der Waals surface area contributed by atoms with Gasteiger partial charge >= 0.3 is 0 Å². The maximum atomic E-state index is 14.2. The summed E-state index contributed by atoms with van der Waals surface area (Å²) in [6.45, 7) is 0.935. The minimum atomic E-state index is -4.33. The van der Waals surface area contributed by atoms with Gasteiger partial charge in [0, 0.05) is 73.2 Å². The molecule has 2 aliphatic rings. The quantitative estimate of drug-likeness (QED) is 0.267. The number of fused-ring (bicyclic) bond motifs is 4. The Morgan fingerprint density at radius 3 is 2.43 bits per heavy atom. The van der Waals surface area contributed by atoms with Crippen molar-refractivity contribution in [2.75, 3.05) is 36.9 Å². The van der Waals surface area contributed by atoms with Crippen LogP contribution in [0.15, 0.2) is 76.4 Å². The van der Waals surface area contributed by atoms with Crippen molar-refractivity contribution in [1.82, 2.24) is 9.88 Å². The van der Waals surface area contributed by atoms with Crippen molar-refractivity contribution >= 4 is 27.3 Å². The molecule has 14 heteroatoms. The molecule has 4 aromatic rings. The molecule has 10 nitrogen and oxygen atoms in total. The summed E-state index contributed by atoms with van der Waals surface area (Å²) in [5.41, 5.74) is 0.874. The molecule has 0 aliphatic carbocycles. The Balaban J connectivity index is 1.36. The number of benzene rings is 3. The van der Waals surface area contributed by atoms with E-state index in [1.165, 1.54) is 44.6 Å². The van der Waals surface area contributed by atoms with E-state index in [2.05, 4.69) is 10.0 Å². The lowest BCUT2D eigenvalue weighted by molar-refractivity contribution is 0.0950.